The number of nitrogens with zero attached hydrogens (tertiary/aromatic N) is 3. The first-order valence-corrected chi connectivity index (χ1v) is 8.79. The van der Waals surface area contributed by atoms with E-state index in [-0.39, 0.29) is 21.8 Å². The highest BCUT2D eigenvalue weighted by molar-refractivity contribution is 9.10. The highest BCUT2D eigenvalue weighted by Gasteiger charge is 2.20. The number of carbonyl (C=O) groups excluding carboxylic acids is 1. The molecule has 0 spiro atoms. The van der Waals surface area contributed by atoms with Crippen molar-refractivity contribution in [3.8, 4) is 17.0 Å². The fourth-order valence-electron chi connectivity index (χ4n) is 2.57. The van der Waals surface area contributed by atoms with Crippen LogP contribution in [0.5, 0.6) is 5.75 Å². The quantitative estimate of drug-likeness (QED) is 0.487. The second-order valence-corrected chi connectivity index (χ2v) is 6.66. The summed E-state index contributed by atoms with van der Waals surface area (Å²) in [4.78, 5) is 12.1. The summed E-state index contributed by atoms with van der Waals surface area (Å²) in [5.74, 6) is -0.874. The van der Waals surface area contributed by atoms with Crippen LogP contribution in [0.2, 0.25) is 0 Å². The molecule has 3 aromatic rings. The van der Waals surface area contributed by atoms with E-state index in [1.807, 2.05) is 6.07 Å². The van der Waals surface area contributed by atoms with Crippen LogP contribution in [-0.4, -0.2) is 26.5 Å². The number of carbonyl (C=O) groups is 1. The molecule has 2 aromatic carbocycles. The third-order valence-corrected chi connectivity index (χ3v) is 4.53. The van der Waals surface area contributed by atoms with Gasteiger partial charge in [0.05, 0.1) is 10.2 Å². The van der Waals surface area contributed by atoms with Crippen LogP contribution in [0.4, 0.5) is 4.39 Å². The lowest BCUT2D eigenvalue weighted by molar-refractivity contribution is 0.0955. The van der Waals surface area contributed by atoms with Crippen molar-refractivity contribution >= 4 is 27.5 Å². The van der Waals surface area contributed by atoms with Gasteiger partial charge in [0.1, 0.15) is 11.5 Å². The van der Waals surface area contributed by atoms with E-state index in [1.54, 1.807) is 50.4 Å². The van der Waals surface area contributed by atoms with Gasteiger partial charge in [-0.05, 0) is 53.2 Å². The van der Waals surface area contributed by atoms with Crippen molar-refractivity contribution in [1.82, 2.24) is 15.2 Å². The second kappa shape index (κ2) is 7.71. The molecule has 0 saturated heterocycles. The molecule has 2 N–H and O–H groups in total. The molecule has 0 radical (unpaired) electrons. The van der Waals surface area contributed by atoms with E-state index in [0.717, 1.165) is 0 Å². The summed E-state index contributed by atoms with van der Waals surface area (Å²) in [6.45, 7) is 1.62. The Balaban J connectivity index is 1.89. The topological polar surface area (TPSA) is 79.5 Å². The zero-order valence-corrected chi connectivity index (χ0v) is 16.2. The summed E-state index contributed by atoms with van der Waals surface area (Å²) in [6, 6.07) is 13.1. The van der Waals surface area contributed by atoms with E-state index in [2.05, 4.69) is 31.6 Å². The Morgan fingerprint density at radius 1 is 1.26 bits per heavy atom. The van der Waals surface area contributed by atoms with Gasteiger partial charge in [0, 0.05) is 18.2 Å². The Morgan fingerprint density at radius 3 is 2.63 bits per heavy atom. The van der Waals surface area contributed by atoms with Crippen molar-refractivity contribution in [2.24, 2.45) is 12.1 Å². The summed E-state index contributed by atoms with van der Waals surface area (Å²) in [5.41, 5.74) is 4.46. The fraction of sp³-hybridized carbons (Fsp3) is 0.105. The van der Waals surface area contributed by atoms with Crippen LogP contribution in [0, 0.1) is 5.82 Å². The Morgan fingerprint density at radius 2 is 1.96 bits per heavy atom. The van der Waals surface area contributed by atoms with E-state index < -0.39 is 5.82 Å². The normalized spacial score (nSPS) is 11.5. The van der Waals surface area contributed by atoms with Crippen molar-refractivity contribution in [3.63, 3.8) is 0 Å². The van der Waals surface area contributed by atoms with Crippen molar-refractivity contribution < 1.29 is 14.3 Å². The number of amides is 1. The van der Waals surface area contributed by atoms with Crippen LogP contribution in [0.1, 0.15) is 23.0 Å². The van der Waals surface area contributed by atoms with E-state index in [1.165, 1.54) is 10.7 Å². The molecule has 0 aliphatic rings. The van der Waals surface area contributed by atoms with Gasteiger partial charge in [0.25, 0.3) is 5.91 Å². The Kier molecular flexibility index (Phi) is 5.36. The van der Waals surface area contributed by atoms with Crippen LogP contribution in [0.3, 0.4) is 0 Å². The number of nitrogens with one attached hydrogen (secondary N) is 1. The van der Waals surface area contributed by atoms with Gasteiger partial charge in [-0.2, -0.15) is 10.2 Å². The monoisotopic (exact) mass is 430 g/mol. The molecule has 0 aliphatic heterocycles. The number of aromatic hydroxyl groups is 1. The van der Waals surface area contributed by atoms with Gasteiger partial charge in [-0.15, -0.1) is 0 Å². The zero-order chi connectivity index (χ0) is 19.6. The number of rotatable bonds is 4. The number of hydrogen-bond donors (Lipinski definition) is 2. The lowest BCUT2D eigenvalue weighted by atomic mass is 10.1. The van der Waals surface area contributed by atoms with Gasteiger partial charge >= 0.3 is 0 Å². The summed E-state index contributed by atoms with van der Waals surface area (Å²) in [5, 5.41) is 18.9. The van der Waals surface area contributed by atoms with E-state index >= 15 is 0 Å². The molecule has 3 rings (SSSR count). The number of aryl methyl sites for hydroxylation is 1. The molecule has 8 heteroatoms. The lowest BCUT2D eigenvalue weighted by Crippen LogP contribution is -2.19. The fourth-order valence-corrected chi connectivity index (χ4v) is 2.94. The predicted octanol–water partition coefficient (Wildman–Crippen LogP) is 3.85. The first kappa shape index (κ1) is 18.8. The van der Waals surface area contributed by atoms with Gasteiger partial charge < -0.3 is 5.11 Å². The first-order valence-electron chi connectivity index (χ1n) is 8.00. The summed E-state index contributed by atoms with van der Waals surface area (Å²) in [7, 11) is 1.66. The molecule has 1 aromatic heterocycles. The molecule has 1 heterocycles. The van der Waals surface area contributed by atoms with Crippen molar-refractivity contribution in [1.29, 1.82) is 0 Å². The molecule has 0 aliphatic carbocycles. The molecule has 0 atom stereocenters. The molecule has 138 valence electrons. The maximum atomic E-state index is 13.5. The first-order chi connectivity index (χ1) is 12.9. The Labute approximate surface area is 163 Å². The summed E-state index contributed by atoms with van der Waals surface area (Å²) < 4.78 is 15.2. The lowest BCUT2D eigenvalue weighted by Gasteiger charge is -2.04. The van der Waals surface area contributed by atoms with E-state index in [0.29, 0.717) is 22.5 Å². The second-order valence-electron chi connectivity index (χ2n) is 5.80. The SMILES string of the molecule is CC(=NNC(=O)c1ccccc1)c1nn(C)c(-c2ccc(F)c(Br)c2)c1O. The average Bonchev–Trinajstić information content (AvgIpc) is 2.97. The smallest absolute Gasteiger partial charge is 0.271 e. The van der Waals surface area contributed by atoms with Gasteiger partial charge in [-0.25, -0.2) is 9.82 Å². The van der Waals surface area contributed by atoms with Gasteiger partial charge in [0.2, 0.25) is 0 Å². The maximum absolute atomic E-state index is 13.5. The van der Waals surface area contributed by atoms with Crippen LogP contribution in [-0.2, 0) is 7.05 Å². The van der Waals surface area contributed by atoms with Crippen LogP contribution >= 0.6 is 15.9 Å². The summed E-state index contributed by atoms with van der Waals surface area (Å²) >= 11 is 3.13. The number of hydrazone groups is 1. The predicted molar refractivity (Wildman–Crippen MR) is 104 cm³/mol. The highest BCUT2D eigenvalue weighted by atomic mass is 79.9. The molecular weight excluding hydrogens is 415 g/mol. The number of halogens is 2. The largest absolute Gasteiger partial charge is 0.504 e. The molecule has 0 bridgehead atoms. The number of benzene rings is 2. The standard InChI is InChI=1S/C19H16BrFN4O2/c1-11(22-23-19(27)12-6-4-3-5-7-12)16-18(26)17(25(2)24-16)13-8-9-15(21)14(20)10-13/h3-10,26H,1-2H3,(H,23,27). The number of hydrogen-bond acceptors (Lipinski definition) is 4. The average molecular weight is 431 g/mol. The molecule has 0 unspecified atom stereocenters. The molecule has 6 nitrogen and oxygen atoms in total. The third kappa shape index (κ3) is 3.90. The minimum atomic E-state index is -0.401. The van der Waals surface area contributed by atoms with E-state index in [9.17, 15) is 14.3 Å². The molecule has 0 saturated carbocycles. The van der Waals surface area contributed by atoms with E-state index in [4.69, 9.17) is 0 Å². The van der Waals surface area contributed by atoms with Gasteiger partial charge in [0.15, 0.2) is 11.4 Å². The van der Waals surface area contributed by atoms with Crippen molar-refractivity contribution in [3.05, 3.63) is 70.1 Å². The number of aromatic nitrogens is 2. The van der Waals surface area contributed by atoms with Crippen molar-refractivity contribution in [2.75, 3.05) is 0 Å². The maximum Gasteiger partial charge on any atom is 0.271 e. The van der Waals surface area contributed by atoms with Crippen LogP contribution < -0.4 is 5.43 Å². The molecule has 0 fully saturated rings. The molecular formula is C19H16BrFN4O2. The Hall–Kier alpha value is -3.00. The highest BCUT2D eigenvalue weighted by Crippen LogP contribution is 2.34. The minimum Gasteiger partial charge on any atom is -0.504 e. The summed E-state index contributed by atoms with van der Waals surface area (Å²) in [6.07, 6.45) is 0. The zero-order valence-electron chi connectivity index (χ0n) is 14.6. The molecule has 27 heavy (non-hydrogen) atoms. The van der Waals surface area contributed by atoms with Gasteiger partial charge in [-0.3, -0.25) is 9.48 Å². The Bertz CT molecular complexity index is 1030. The molecule has 1 amide bonds. The minimum absolute atomic E-state index is 0.105. The van der Waals surface area contributed by atoms with Crippen LogP contribution in [0.15, 0.2) is 58.1 Å². The van der Waals surface area contributed by atoms with Gasteiger partial charge in [-0.1, -0.05) is 18.2 Å². The van der Waals surface area contributed by atoms with Crippen LogP contribution in [0.25, 0.3) is 11.3 Å². The van der Waals surface area contributed by atoms with Crippen molar-refractivity contribution in [2.45, 2.75) is 6.92 Å². The third-order valence-electron chi connectivity index (χ3n) is 3.92.